The van der Waals surface area contributed by atoms with E-state index in [1.54, 1.807) is 42.7 Å². The summed E-state index contributed by atoms with van der Waals surface area (Å²) in [5.74, 6) is -0.775. The predicted molar refractivity (Wildman–Crippen MR) is 123 cm³/mol. The van der Waals surface area contributed by atoms with Gasteiger partial charge in [0.25, 0.3) is 11.7 Å². The van der Waals surface area contributed by atoms with Gasteiger partial charge in [-0.25, -0.2) is 0 Å². The molecule has 0 radical (unpaired) electrons. The molecule has 3 aromatic rings. The third-order valence-corrected chi connectivity index (χ3v) is 5.66. The van der Waals surface area contributed by atoms with Crippen LogP contribution in [0.15, 0.2) is 72.6 Å². The summed E-state index contributed by atoms with van der Waals surface area (Å²) >= 11 is 0. The van der Waals surface area contributed by atoms with Crippen LogP contribution in [0, 0.1) is 6.92 Å². The monoisotopic (exact) mass is 444 g/mol. The Morgan fingerprint density at radius 3 is 2.39 bits per heavy atom. The summed E-state index contributed by atoms with van der Waals surface area (Å²) in [6, 6.07) is 15.3. The molecule has 0 saturated carbocycles. The summed E-state index contributed by atoms with van der Waals surface area (Å²) < 4.78 is 10.6. The highest BCUT2D eigenvalue weighted by Crippen LogP contribution is 2.41. The molecule has 0 spiro atoms. The zero-order chi connectivity index (χ0) is 23.5. The highest BCUT2D eigenvalue weighted by molar-refractivity contribution is 6.46. The number of methoxy groups -OCH3 is 2. The van der Waals surface area contributed by atoms with Gasteiger partial charge in [0.15, 0.2) is 11.5 Å². The van der Waals surface area contributed by atoms with Crippen molar-refractivity contribution >= 4 is 17.4 Å². The molecule has 1 atom stereocenters. The van der Waals surface area contributed by atoms with Gasteiger partial charge < -0.3 is 19.5 Å². The number of hydrogen-bond acceptors (Lipinski definition) is 6. The van der Waals surface area contributed by atoms with Crippen LogP contribution in [-0.4, -0.2) is 40.9 Å². The molecule has 1 N–H and O–H groups in total. The molecule has 4 rings (SSSR count). The summed E-state index contributed by atoms with van der Waals surface area (Å²) in [6.07, 6.45) is 3.27. The molecular formula is C26H24N2O5. The Bertz CT molecular complexity index is 1240. The lowest BCUT2D eigenvalue weighted by Gasteiger charge is -2.25. The Labute approximate surface area is 191 Å². The first-order valence-corrected chi connectivity index (χ1v) is 10.4. The fourth-order valence-corrected chi connectivity index (χ4v) is 4.05. The first-order valence-electron chi connectivity index (χ1n) is 10.4. The van der Waals surface area contributed by atoms with Crippen LogP contribution in [0.3, 0.4) is 0 Å². The SMILES string of the molecule is COc1ccc(/C(O)=C2/C(=O)C(=O)N(Cc3ccncc3)C2c2cccc(C)c2)cc1OC. The van der Waals surface area contributed by atoms with Crippen LogP contribution in [-0.2, 0) is 16.1 Å². The van der Waals surface area contributed by atoms with Gasteiger partial charge in [0.05, 0.1) is 25.8 Å². The van der Waals surface area contributed by atoms with E-state index in [1.165, 1.54) is 19.1 Å². The van der Waals surface area contributed by atoms with Gasteiger partial charge in [-0.2, -0.15) is 0 Å². The third kappa shape index (κ3) is 4.17. The third-order valence-electron chi connectivity index (χ3n) is 5.66. The summed E-state index contributed by atoms with van der Waals surface area (Å²) in [5, 5.41) is 11.3. The van der Waals surface area contributed by atoms with Gasteiger partial charge in [-0.05, 0) is 48.4 Å². The Hall–Kier alpha value is -4.13. The normalized spacial score (nSPS) is 17.3. The van der Waals surface area contributed by atoms with E-state index in [0.717, 1.165) is 16.7 Å². The van der Waals surface area contributed by atoms with Crippen LogP contribution < -0.4 is 9.47 Å². The van der Waals surface area contributed by atoms with Gasteiger partial charge >= 0.3 is 0 Å². The quantitative estimate of drug-likeness (QED) is 0.351. The number of carbonyl (C=O) groups is 2. The molecule has 1 fully saturated rings. The number of likely N-dealkylation sites (tertiary alicyclic amines) is 1. The molecule has 7 nitrogen and oxygen atoms in total. The number of aryl methyl sites for hydroxylation is 1. The van der Waals surface area contributed by atoms with Gasteiger partial charge in [-0.1, -0.05) is 29.8 Å². The van der Waals surface area contributed by atoms with Crippen LogP contribution in [0.5, 0.6) is 11.5 Å². The molecule has 0 aliphatic carbocycles. The molecule has 1 aliphatic heterocycles. The maximum atomic E-state index is 13.2. The Balaban J connectivity index is 1.88. The number of amides is 1. The molecule has 33 heavy (non-hydrogen) atoms. The van der Waals surface area contributed by atoms with E-state index in [9.17, 15) is 14.7 Å². The van der Waals surface area contributed by atoms with Crippen molar-refractivity contribution in [2.75, 3.05) is 14.2 Å². The summed E-state index contributed by atoms with van der Waals surface area (Å²) in [6.45, 7) is 2.14. The summed E-state index contributed by atoms with van der Waals surface area (Å²) in [5.41, 5.74) is 2.94. The number of aliphatic hydroxyl groups excluding tert-OH is 1. The van der Waals surface area contributed by atoms with Crippen LogP contribution in [0.25, 0.3) is 5.76 Å². The lowest BCUT2D eigenvalue weighted by molar-refractivity contribution is -0.140. The van der Waals surface area contributed by atoms with E-state index in [1.807, 2.05) is 31.2 Å². The van der Waals surface area contributed by atoms with Crippen LogP contribution in [0.4, 0.5) is 0 Å². The number of benzene rings is 2. The van der Waals surface area contributed by atoms with E-state index < -0.39 is 17.7 Å². The van der Waals surface area contributed by atoms with Gasteiger partial charge in [0.2, 0.25) is 0 Å². The molecule has 2 aromatic carbocycles. The highest BCUT2D eigenvalue weighted by Gasteiger charge is 2.46. The molecule has 1 aliphatic rings. The number of pyridine rings is 1. The number of ether oxygens (including phenoxy) is 2. The lowest BCUT2D eigenvalue weighted by Crippen LogP contribution is -2.29. The predicted octanol–water partition coefficient (Wildman–Crippen LogP) is 4.03. The number of nitrogens with zero attached hydrogens (tertiary/aromatic N) is 2. The van der Waals surface area contributed by atoms with Crippen LogP contribution in [0.2, 0.25) is 0 Å². The van der Waals surface area contributed by atoms with E-state index in [2.05, 4.69) is 4.98 Å². The molecule has 2 heterocycles. The lowest BCUT2D eigenvalue weighted by atomic mass is 9.94. The van der Waals surface area contributed by atoms with Crippen LogP contribution >= 0.6 is 0 Å². The summed E-state index contributed by atoms with van der Waals surface area (Å²) in [4.78, 5) is 31.8. The Kier molecular flexibility index (Phi) is 6.13. The molecule has 1 unspecified atom stereocenters. The van der Waals surface area contributed by atoms with Crippen molar-refractivity contribution in [1.29, 1.82) is 0 Å². The number of Topliss-reactive ketones (excluding diaryl/α,β-unsaturated/α-hetero) is 1. The van der Waals surface area contributed by atoms with Gasteiger partial charge in [-0.15, -0.1) is 0 Å². The standard InChI is InChI=1S/C26H24N2O5/c1-16-5-4-6-18(13-16)23-22(24(29)19-7-8-20(32-2)21(14-19)33-3)25(30)26(31)28(23)15-17-9-11-27-12-10-17/h4-14,23,29H,15H2,1-3H3/b24-22-. The van der Waals surface area contributed by atoms with Crippen molar-refractivity contribution < 1.29 is 24.2 Å². The number of rotatable bonds is 6. The van der Waals surface area contributed by atoms with Crippen LogP contribution in [0.1, 0.15) is 28.3 Å². The average molecular weight is 444 g/mol. The number of aliphatic hydroxyl groups is 1. The van der Waals surface area contributed by atoms with Crippen molar-refractivity contribution in [2.45, 2.75) is 19.5 Å². The maximum absolute atomic E-state index is 13.2. The highest BCUT2D eigenvalue weighted by atomic mass is 16.5. The Morgan fingerprint density at radius 2 is 1.73 bits per heavy atom. The fourth-order valence-electron chi connectivity index (χ4n) is 4.05. The number of hydrogen-bond donors (Lipinski definition) is 1. The zero-order valence-corrected chi connectivity index (χ0v) is 18.6. The maximum Gasteiger partial charge on any atom is 0.295 e. The van der Waals surface area contributed by atoms with E-state index >= 15 is 0 Å². The molecule has 0 bridgehead atoms. The van der Waals surface area contributed by atoms with Crippen molar-refractivity contribution in [3.8, 4) is 11.5 Å². The molecule has 168 valence electrons. The van der Waals surface area contributed by atoms with Crippen molar-refractivity contribution in [1.82, 2.24) is 9.88 Å². The number of ketones is 1. The smallest absolute Gasteiger partial charge is 0.295 e. The minimum absolute atomic E-state index is 0.0341. The second-order valence-electron chi connectivity index (χ2n) is 7.77. The number of aromatic nitrogens is 1. The van der Waals surface area contributed by atoms with Gasteiger partial charge in [-0.3, -0.25) is 14.6 Å². The Morgan fingerprint density at radius 1 is 1.00 bits per heavy atom. The first kappa shape index (κ1) is 22.1. The molecule has 7 heteroatoms. The molecular weight excluding hydrogens is 420 g/mol. The van der Waals surface area contributed by atoms with Crippen molar-refractivity contribution in [3.63, 3.8) is 0 Å². The van der Waals surface area contributed by atoms with Gasteiger partial charge in [0.1, 0.15) is 5.76 Å². The van der Waals surface area contributed by atoms with Gasteiger partial charge in [0, 0.05) is 24.5 Å². The fraction of sp³-hybridized carbons (Fsp3) is 0.192. The van der Waals surface area contributed by atoms with Crippen molar-refractivity contribution in [2.24, 2.45) is 0 Å². The minimum Gasteiger partial charge on any atom is -0.507 e. The molecule has 1 saturated heterocycles. The first-order chi connectivity index (χ1) is 15.9. The molecule has 1 aromatic heterocycles. The van der Waals surface area contributed by atoms with E-state index in [0.29, 0.717) is 17.1 Å². The molecule has 1 amide bonds. The zero-order valence-electron chi connectivity index (χ0n) is 18.6. The van der Waals surface area contributed by atoms with Crippen molar-refractivity contribution in [3.05, 3.63) is 94.8 Å². The topological polar surface area (TPSA) is 89.0 Å². The second kappa shape index (κ2) is 9.16. The summed E-state index contributed by atoms with van der Waals surface area (Å²) in [7, 11) is 3.00. The minimum atomic E-state index is -0.744. The van der Waals surface area contributed by atoms with E-state index in [-0.39, 0.29) is 17.9 Å². The average Bonchev–Trinajstić information content (AvgIpc) is 3.08. The largest absolute Gasteiger partial charge is 0.507 e. The number of carbonyl (C=O) groups excluding carboxylic acids is 2. The second-order valence-corrected chi connectivity index (χ2v) is 7.77. The van der Waals surface area contributed by atoms with E-state index in [4.69, 9.17) is 9.47 Å².